The van der Waals surface area contributed by atoms with Crippen molar-refractivity contribution in [2.24, 2.45) is 0 Å². The lowest BCUT2D eigenvalue weighted by Crippen LogP contribution is -2.68. The summed E-state index contributed by atoms with van der Waals surface area (Å²) in [5.74, 6) is -4.25. The molecule has 3 aromatic carbocycles. The maximum atomic E-state index is 13.9. The molecule has 0 aliphatic carbocycles. The van der Waals surface area contributed by atoms with Crippen LogP contribution in [0.25, 0.3) is 0 Å². The highest BCUT2D eigenvalue weighted by Crippen LogP contribution is 2.46. The second kappa shape index (κ2) is 11.7. The Morgan fingerprint density at radius 1 is 0.775 bits per heavy atom. The molecule has 0 amide bonds. The third-order valence-electron chi connectivity index (χ3n) is 6.30. The maximum Gasteiger partial charge on any atom is 0.338 e. The smallest absolute Gasteiger partial charge is 0.338 e. The van der Waals surface area contributed by atoms with Gasteiger partial charge in [-0.05, 0) is 12.1 Å². The fourth-order valence-electron chi connectivity index (χ4n) is 4.25. The fourth-order valence-corrected chi connectivity index (χ4v) is 4.38. The van der Waals surface area contributed by atoms with Crippen LogP contribution < -0.4 is 0 Å². The van der Waals surface area contributed by atoms with Gasteiger partial charge in [0.1, 0.15) is 12.7 Å². The van der Waals surface area contributed by atoms with Gasteiger partial charge in [-0.15, -0.1) is 0 Å². The van der Waals surface area contributed by atoms with Crippen molar-refractivity contribution in [3.05, 3.63) is 108 Å². The molecule has 0 radical (unpaired) electrons. The number of esters is 1. The standard InChI is InChI=1S/C28H22Cl3NO8/c29-28(30,31)24(32)40-25-27(37,22(34)18-12-6-2-7-13-18)26(36,21(33)17-10-4-1-5-11-17)20(39-25)16-38-23(35)19-14-8-3-9-15-19/h1-15,20,25,32,36-37H,16H2/t20-,25?,26+,27-/m0/s1. The molecule has 4 atom stereocenters. The van der Waals surface area contributed by atoms with Crippen molar-refractivity contribution < 1.29 is 38.8 Å². The Kier molecular flexibility index (Phi) is 8.65. The molecule has 12 heteroatoms. The number of alkyl halides is 3. The Hall–Kier alpha value is -3.31. The van der Waals surface area contributed by atoms with Crippen molar-refractivity contribution in [1.29, 1.82) is 5.41 Å². The first kappa shape index (κ1) is 29.7. The van der Waals surface area contributed by atoms with Gasteiger partial charge in [0.2, 0.25) is 29.4 Å². The predicted molar refractivity (Wildman–Crippen MR) is 146 cm³/mol. The molecule has 9 nitrogen and oxygen atoms in total. The Balaban J connectivity index is 1.83. The van der Waals surface area contributed by atoms with Gasteiger partial charge in [-0.3, -0.25) is 15.0 Å². The van der Waals surface area contributed by atoms with E-state index in [1.165, 1.54) is 60.7 Å². The van der Waals surface area contributed by atoms with E-state index in [1.54, 1.807) is 30.3 Å². The molecule has 40 heavy (non-hydrogen) atoms. The molecule has 1 heterocycles. The van der Waals surface area contributed by atoms with E-state index >= 15 is 0 Å². The van der Waals surface area contributed by atoms with Crippen molar-refractivity contribution in [1.82, 2.24) is 0 Å². The molecule has 0 bridgehead atoms. The van der Waals surface area contributed by atoms with Crippen LogP contribution >= 0.6 is 34.8 Å². The zero-order valence-corrected chi connectivity index (χ0v) is 22.8. The summed E-state index contributed by atoms with van der Waals surface area (Å²) in [4.78, 5) is 40.4. The summed E-state index contributed by atoms with van der Waals surface area (Å²) in [6, 6.07) is 22.4. The molecular formula is C28H22Cl3NO8. The van der Waals surface area contributed by atoms with Crippen LogP contribution in [-0.2, 0) is 14.2 Å². The first-order valence-corrected chi connectivity index (χ1v) is 12.9. The summed E-state index contributed by atoms with van der Waals surface area (Å²) in [7, 11) is 0. The minimum Gasteiger partial charge on any atom is -0.459 e. The second-order valence-electron chi connectivity index (χ2n) is 8.79. The van der Waals surface area contributed by atoms with E-state index in [0.29, 0.717) is 0 Å². The second-order valence-corrected chi connectivity index (χ2v) is 11.1. The average Bonchev–Trinajstić information content (AvgIpc) is 3.18. The zero-order valence-electron chi connectivity index (χ0n) is 20.5. The lowest BCUT2D eigenvalue weighted by molar-refractivity contribution is -0.154. The molecule has 208 valence electrons. The van der Waals surface area contributed by atoms with Crippen LogP contribution in [0, 0.1) is 5.41 Å². The number of ketones is 2. The number of carbonyl (C=O) groups excluding carboxylic acids is 3. The molecule has 3 N–H and O–H groups in total. The van der Waals surface area contributed by atoms with E-state index in [1.807, 2.05) is 0 Å². The van der Waals surface area contributed by atoms with Gasteiger partial charge in [-0.2, -0.15) is 0 Å². The first-order valence-electron chi connectivity index (χ1n) is 11.7. The normalized spacial score (nSPS) is 24.2. The van der Waals surface area contributed by atoms with Crippen LogP contribution in [0.1, 0.15) is 31.1 Å². The van der Waals surface area contributed by atoms with Gasteiger partial charge < -0.3 is 24.4 Å². The highest BCUT2D eigenvalue weighted by Gasteiger charge is 2.75. The van der Waals surface area contributed by atoms with Gasteiger partial charge in [0.25, 0.3) is 3.79 Å². The van der Waals surface area contributed by atoms with Crippen molar-refractivity contribution in [2.45, 2.75) is 27.4 Å². The fraction of sp³-hybridized carbons (Fsp3) is 0.214. The predicted octanol–water partition coefficient (Wildman–Crippen LogP) is 4.16. The average molecular weight is 607 g/mol. The number of rotatable bonds is 8. The highest BCUT2D eigenvalue weighted by atomic mass is 35.6. The van der Waals surface area contributed by atoms with Crippen LogP contribution in [0.4, 0.5) is 0 Å². The summed E-state index contributed by atoms with van der Waals surface area (Å²) in [5, 5.41) is 32.2. The van der Waals surface area contributed by atoms with Crippen LogP contribution in [0.2, 0.25) is 0 Å². The maximum absolute atomic E-state index is 13.9. The minimum atomic E-state index is -3.21. The lowest BCUT2D eigenvalue weighted by Gasteiger charge is -2.38. The molecule has 0 spiro atoms. The van der Waals surface area contributed by atoms with Crippen LogP contribution in [0.5, 0.6) is 0 Å². The molecule has 4 rings (SSSR count). The number of hydrogen-bond donors (Lipinski definition) is 3. The Morgan fingerprint density at radius 3 is 1.65 bits per heavy atom. The van der Waals surface area contributed by atoms with Crippen molar-refractivity contribution in [3.8, 4) is 0 Å². The van der Waals surface area contributed by atoms with Gasteiger partial charge in [0.05, 0.1) is 5.56 Å². The Morgan fingerprint density at radius 2 is 1.20 bits per heavy atom. The number of ether oxygens (including phenoxy) is 3. The highest BCUT2D eigenvalue weighted by molar-refractivity contribution is 6.76. The van der Waals surface area contributed by atoms with Gasteiger partial charge in [0.15, 0.2) is 5.60 Å². The molecule has 1 aliphatic heterocycles. The number of halogens is 3. The quantitative estimate of drug-likeness (QED) is 0.114. The molecule has 1 aliphatic rings. The van der Waals surface area contributed by atoms with Crippen LogP contribution in [0.3, 0.4) is 0 Å². The molecule has 1 fully saturated rings. The third kappa shape index (κ3) is 5.49. The molecular weight excluding hydrogens is 585 g/mol. The number of hydrogen-bond acceptors (Lipinski definition) is 9. The third-order valence-corrected chi connectivity index (χ3v) is 6.81. The SMILES string of the molecule is N=C(OC1O[C@@H](COC(=O)c2ccccc2)[C@@](O)(C(=O)c2ccccc2)[C@]1(O)C(=O)c1ccccc1)C(Cl)(Cl)Cl. The first-order chi connectivity index (χ1) is 18.9. The van der Waals surface area contributed by atoms with Gasteiger partial charge >= 0.3 is 5.97 Å². The Labute approximate surface area is 243 Å². The number of carbonyl (C=O) groups is 3. The topological polar surface area (TPSA) is 143 Å². The van der Waals surface area contributed by atoms with E-state index in [-0.39, 0.29) is 16.7 Å². The van der Waals surface area contributed by atoms with Crippen molar-refractivity contribution >= 4 is 58.2 Å². The largest absolute Gasteiger partial charge is 0.459 e. The number of aliphatic hydroxyl groups is 2. The molecule has 0 aromatic heterocycles. The minimum absolute atomic E-state index is 0.107. The van der Waals surface area contributed by atoms with E-state index in [4.69, 9.17) is 54.4 Å². The molecule has 3 aromatic rings. The van der Waals surface area contributed by atoms with Gasteiger partial charge in [-0.1, -0.05) is 114 Å². The summed E-state index contributed by atoms with van der Waals surface area (Å²) in [6.45, 7) is -0.811. The van der Waals surface area contributed by atoms with E-state index < -0.39 is 57.4 Å². The molecule has 1 saturated heterocycles. The summed E-state index contributed by atoms with van der Waals surface area (Å²) in [5.41, 5.74) is -6.42. The number of nitrogens with one attached hydrogen (secondary N) is 1. The van der Waals surface area contributed by atoms with Crippen LogP contribution in [-0.4, -0.2) is 67.6 Å². The van der Waals surface area contributed by atoms with Gasteiger partial charge in [-0.25, -0.2) is 4.79 Å². The zero-order chi connectivity index (χ0) is 29.1. The number of benzene rings is 3. The van der Waals surface area contributed by atoms with E-state index in [2.05, 4.69) is 0 Å². The molecule has 1 unspecified atom stereocenters. The summed E-state index contributed by atoms with van der Waals surface area (Å²) in [6.07, 6.45) is -4.12. The van der Waals surface area contributed by atoms with Crippen LogP contribution in [0.15, 0.2) is 91.0 Å². The Bertz CT molecular complexity index is 1400. The van der Waals surface area contributed by atoms with E-state index in [0.717, 1.165) is 0 Å². The van der Waals surface area contributed by atoms with E-state index in [9.17, 15) is 24.6 Å². The van der Waals surface area contributed by atoms with Crippen molar-refractivity contribution in [2.75, 3.05) is 6.61 Å². The molecule has 0 saturated carbocycles. The summed E-state index contributed by atoms with van der Waals surface area (Å²) < 4.78 is 13.8. The van der Waals surface area contributed by atoms with Crippen molar-refractivity contribution in [3.63, 3.8) is 0 Å². The number of Topliss-reactive ketones (excluding diaryl/α,β-unsaturated/α-hetero) is 2. The lowest BCUT2D eigenvalue weighted by atomic mass is 9.71. The van der Waals surface area contributed by atoms with Gasteiger partial charge in [0, 0.05) is 11.1 Å². The summed E-state index contributed by atoms with van der Waals surface area (Å²) >= 11 is 17.2. The monoisotopic (exact) mass is 605 g/mol.